The third-order valence-electron chi connectivity index (χ3n) is 21.9. The number of hydrogen-bond acceptors (Lipinski definition) is 17. The number of hydrogen-bond donors (Lipinski definition) is 7. The van der Waals surface area contributed by atoms with Gasteiger partial charge in [0, 0.05) is 57.0 Å². The molecule has 7 heterocycles. The van der Waals surface area contributed by atoms with Gasteiger partial charge in [-0.1, -0.05) is 200 Å². The Hall–Kier alpha value is -14.0. The van der Waals surface area contributed by atoms with Crippen LogP contribution in [-0.2, 0) is 4.79 Å². The molecule has 676 valence electrons. The summed E-state index contributed by atoms with van der Waals surface area (Å²) in [7, 11) is 1.61. The lowest BCUT2D eigenvalue weighted by Gasteiger charge is -2.15. The number of nitrogens with one attached hydrogen (secondary N) is 7. The number of ether oxygens (including phenoxy) is 3. The molecule has 0 fully saturated rings. The molecule has 0 aliphatic rings. The Kier molecular flexibility index (Phi) is 38.6. The number of carbonyl (C=O) groups excluding carboxylic acids is 2. The lowest BCUT2D eigenvalue weighted by Crippen LogP contribution is -2.15. The van der Waals surface area contributed by atoms with Crippen molar-refractivity contribution < 1.29 is 46.4 Å². The average molecular weight is 1740 g/mol. The van der Waals surface area contributed by atoms with Crippen molar-refractivity contribution in [2.24, 2.45) is 0 Å². The topological polar surface area (TPSA) is 363 Å². The first-order valence-electron chi connectivity index (χ1n) is 43.6. The Labute approximate surface area is 746 Å². The van der Waals surface area contributed by atoms with E-state index in [0.717, 1.165) is 116 Å². The molecule has 2 unspecified atom stereocenters. The minimum Gasteiger partial charge on any atom is -0.497 e. The molecule has 128 heavy (non-hydrogen) atoms. The van der Waals surface area contributed by atoms with Crippen molar-refractivity contribution in [3.63, 3.8) is 0 Å². The first kappa shape index (κ1) is 99.5. The lowest BCUT2D eigenvalue weighted by molar-refractivity contribution is -0.134. The monoisotopic (exact) mass is 1740 g/mol. The molecule has 0 aliphatic heterocycles. The van der Waals surface area contributed by atoms with Gasteiger partial charge in [-0.25, -0.2) is 59.8 Å². The van der Waals surface area contributed by atoms with E-state index < -0.39 is 0 Å². The molecule has 7 aromatic heterocycles. The number of aromatic nitrogens is 9. The fourth-order valence-electron chi connectivity index (χ4n) is 14.4. The van der Waals surface area contributed by atoms with Crippen LogP contribution in [0, 0.1) is 89.7 Å². The van der Waals surface area contributed by atoms with Crippen LogP contribution < -0.4 is 47.9 Å². The minimum atomic E-state index is -0.373. The van der Waals surface area contributed by atoms with Crippen LogP contribution in [0.2, 0.25) is 0 Å². The van der Waals surface area contributed by atoms with Gasteiger partial charge < -0.3 is 46.7 Å². The van der Waals surface area contributed by atoms with E-state index in [2.05, 4.69) is 118 Å². The van der Waals surface area contributed by atoms with E-state index >= 15 is 0 Å². The van der Waals surface area contributed by atoms with E-state index in [4.69, 9.17) is 48.4 Å². The molecular weight excluding hydrogens is 1620 g/mol. The first-order valence-corrected chi connectivity index (χ1v) is 43.6. The molecule has 14 rings (SSSR count). The first-order chi connectivity index (χ1) is 61.4. The molecule has 0 amide bonds. The SMILES string of the molecule is CCCCC(CC)c1[nH]oc(=O)c1C.CCCCCCCCCCCCCC(=O)Oc1ccc(-c2[nH]oc(=O)c2C)cc1.COc1ccc(-c2[nH]oc(=O)c2C)cc1.Cc1[nH]c(-c2ccccc2)nc1-c1ccccc1.Cc1cc(C)c(-c2[nH]oc(=O)c2C)c(C)c1.Cc1ccc(OC(C)c2[nH]oc(=O)c2C)c(C)c1.[C-]#[N+]c1[nH]n(-c2ccc(C(C)=O)cc2)c(=O)c1C. The zero-order valence-corrected chi connectivity index (χ0v) is 76.9. The van der Waals surface area contributed by atoms with Crippen LogP contribution in [0.5, 0.6) is 17.2 Å². The zero-order valence-electron chi connectivity index (χ0n) is 76.9. The van der Waals surface area contributed by atoms with Crippen molar-refractivity contribution in [3.05, 3.63) is 322 Å². The number of carbonyl (C=O) groups is 2. The van der Waals surface area contributed by atoms with Gasteiger partial charge in [0.15, 0.2) is 5.78 Å². The molecule has 14 aromatic rings. The van der Waals surface area contributed by atoms with E-state index in [9.17, 15) is 38.4 Å². The maximum absolute atomic E-state index is 12.0. The maximum Gasteiger partial charge on any atom is 0.360 e. The number of H-pyrrole nitrogens is 7. The Morgan fingerprint density at radius 1 is 0.477 bits per heavy atom. The van der Waals surface area contributed by atoms with E-state index in [1.165, 1.54) is 93.4 Å². The molecule has 0 saturated heterocycles. The van der Waals surface area contributed by atoms with Crippen LogP contribution in [0.4, 0.5) is 5.82 Å². The Morgan fingerprint density at radius 3 is 1.38 bits per heavy atom. The van der Waals surface area contributed by atoms with E-state index in [1.807, 2.05) is 114 Å². The Bertz CT molecular complexity index is 6240. The minimum absolute atomic E-state index is 0.0292. The number of aryl methyl sites for hydroxylation is 6. The number of esters is 1. The van der Waals surface area contributed by atoms with Crippen LogP contribution in [0.25, 0.3) is 66.9 Å². The summed E-state index contributed by atoms with van der Waals surface area (Å²) in [6.45, 7) is 39.5. The number of imidazole rings is 1. The summed E-state index contributed by atoms with van der Waals surface area (Å²) in [5, 5.41) is 16.0. The van der Waals surface area contributed by atoms with Crippen LogP contribution in [0.3, 0.4) is 0 Å². The summed E-state index contributed by atoms with van der Waals surface area (Å²) in [6, 6.07) is 51.8. The summed E-state index contributed by atoms with van der Waals surface area (Å²) in [5.74, 6) is 3.49. The molecule has 7 aromatic carbocycles. The van der Waals surface area contributed by atoms with E-state index in [-0.39, 0.29) is 57.4 Å². The number of methoxy groups -OCH3 is 1. The molecule has 0 aliphatic carbocycles. The highest BCUT2D eigenvalue weighted by atomic mass is 16.5. The van der Waals surface area contributed by atoms with Gasteiger partial charge in [-0.05, 0) is 212 Å². The second-order valence-electron chi connectivity index (χ2n) is 31.8. The summed E-state index contributed by atoms with van der Waals surface area (Å²) < 4.78 is 41.4. The van der Waals surface area contributed by atoms with Gasteiger partial charge in [0.05, 0.1) is 74.8 Å². The highest BCUT2D eigenvalue weighted by molar-refractivity contribution is 5.94. The molecule has 26 heteroatoms. The number of rotatable bonds is 29. The third-order valence-corrected chi connectivity index (χ3v) is 21.9. The quantitative estimate of drug-likeness (QED) is 0.00753. The molecule has 2 atom stereocenters. The summed E-state index contributed by atoms with van der Waals surface area (Å²) in [4.78, 5) is 103. The fraction of sp³-hybridized carbons (Fsp3) is 0.353. The van der Waals surface area contributed by atoms with Crippen LogP contribution >= 0.6 is 0 Å². The van der Waals surface area contributed by atoms with Crippen molar-refractivity contribution in [3.8, 4) is 79.4 Å². The second kappa shape index (κ2) is 49.7. The zero-order chi connectivity index (χ0) is 93.1. The molecule has 7 N–H and O–H groups in total. The number of Topliss-reactive ketones (excluding diaryl/α,β-unsaturated/α-hetero) is 1. The highest BCUT2D eigenvalue weighted by Gasteiger charge is 2.21. The van der Waals surface area contributed by atoms with E-state index in [1.54, 1.807) is 90.3 Å². The molecule has 0 saturated carbocycles. The number of ketones is 1. The van der Waals surface area contributed by atoms with Crippen LogP contribution in [0.15, 0.2) is 215 Å². The van der Waals surface area contributed by atoms with Gasteiger partial charge in [0.25, 0.3) is 11.4 Å². The molecule has 26 nitrogen and oxygen atoms in total. The van der Waals surface area contributed by atoms with Gasteiger partial charge in [-0.3, -0.25) is 14.4 Å². The predicted octanol–water partition coefficient (Wildman–Crippen LogP) is 23.6. The Balaban J connectivity index is 0.000000187. The Morgan fingerprint density at radius 2 is 0.938 bits per heavy atom. The molecule has 0 bridgehead atoms. The van der Waals surface area contributed by atoms with E-state index in [0.29, 0.717) is 74.2 Å². The van der Waals surface area contributed by atoms with Crippen LogP contribution in [-0.4, -0.2) is 64.4 Å². The second-order valence-corrected chi connectivity index (χ2v) is 31.8. The van der Waals surface area contributed by atoms with Gasteiger partial charge >= 0.3 is 34.1 Å². The van der Waals surface area contributed by atoms with Crippen molar-refractivity contribution in [2.75, 3.05) is 7.11 Å². The van der Waals surface area contributed by atoms with Gasteiger partial charge in [0.2, 0.25) is 0 Å². The van der Waals surface area contributed by atoms with Gasteiger partial charge in [0.1, 0.15) is 29.2 Å². The van der Waals surface area contributed by atoms with Gasteiger partial charge in [-0.2, -0.15) is 4.68 Å². The smallest absolute Gasteiger partial charge is 0.360 e. The van der Waals surface area contributed by atoms with Crippen molar-refractivity contribution in [2.45, 2.75) is 232 Å². The standard InChI is InChI=1S/C24H35NO4.C16H14N2.C14H17NO3.C13H11N3O2.C13H15NO2.C11H11NO3.C11H19NO2/c1-3-4-5-6-7-8-9-10-11-12-13-14-22(26)28-21-17-15-20(16-18-21)23-19(2)24(27)29-25-23;1-12-15(13-8-4-2-5-9-13)18-16(17-12)14-10-6-3-7-11-14;1-8-5-6-12(9(2)7-8)17-11(4)13-10(3)14(16)18-15-13;1-8-12(14-3)15-16(13(8)18)11-6-4-10(5-7-11)9(2)17;1-7-5-8(2)11(9(3)6-7)12-10(4)13(15)16-14-12;1-7-10(12-15-11(7)13)8-3-5-9(14-2)6-4-8;1-4-6-7-9(5-2)10-8(3)11(13)14-12-10/h15-18,25H,3-14H2,1-2H3;2-11H,1H3,(H,17,18);5-7,11,15H,1-4H3;4-7,15H,1-2H3;5-6,14H,1-4H3;3-6,12H,1-2H3;9,12H,4-7H2,1-3H3. The largest absolute Gasteiger partial charge is 0.497 e. The predicted molar refractivity (Wildman–Crippen MR) is 503 cm³/mol. The van der Waals surface area contributed by atoms with Crippen molar-refractivity contribution in [1.82, 2.24) is 45.5 Å². The summed E-state index contributed by atoms with van der Waals surface area (Å²) in [6.07, 6.45) is 18.6. The normalized spacial score (nSPS) is 11.1. The average Bonchev–Trinajstić information content (AvgIpc) is 1.55. The fourth-order valence-corrected chi connectivity index (χ4v) is 14.4. The van der Waals surface area contributed by atoms with Crippen molar-refractivity contribution >= 4 is 17.6 Å². The lowest BCUT2D eigenvalue weighted by atomic mass is 9.94. The van der Waals surface area contributed by atoms with Crippen molar-refractivity contribution in [1.29, 1.82) is 0 Å². The number of aromatic amines is 7. The highest BCUT2D eigenvalue weighted by Crippen LogP contribution is 2.32. The maximum atomic E-state index is 12.0. The van der Waals surface area contributed by atoms with Crippen LogP contribution in [0.1, 0.15) is 238 Å². The molecular formula is C102H122N10O16. The number of nitrogens with zero attached hydrogens (tertiary/aromatic N) is 3. The number of benzene rings is 7. The molecule has 0 spiro atoms. The summed E-state index contributed by atoms with van der Waals surface area (Å²) in [5.41, 5.74) is 19.6. The number of unbranched alkanes of at least 4 members (excludes halogenated alkanes) is 11. The third kappa shape index (κ3) is 28.3. The van der Waals surface area contributed by atoms with Gasteiger partial charge in [-0.15, -0.1) is 0 Å². The summed E-state index contributed by atoms with van der Waals surface area (Å²) >= 11 is 0. The molecule has 0 radical (unpaired) electrons.